The fourth-order valence-corrected chi connectivity index (χ4v) is 2.91. The molecule has 0 saturated carbocycles. The van der Waals surface area contributed by atoms with E-state index in [2.05, 4.69) is 5.32 Å². The average Bonchev–Trinajstić information content (AvgIpc) is 2.70. The number of rotatable bonds is 8. The van der Waals surface area contributed by atoms with Crippen LogP contribution < -0.4 is 19.5 Å². The summed E-state index contributed by atoms with van der Waals surface area (Å²) < 4.78 is 15.6. The molecule has 0 radical (unpaired) electrons. The van der Waals surface area contributed by atoms with Crippen molar-refractivity contribution < 1.29 is 23.8 Å². The molecule has 0 fully saturated rings. The topological polar surface area (TPSA) is 77.1 Å². The lowest BCUT2D eigenvalue weighted by Gasteiger charge is -2.21. The number of anilines is 1. The molecule has 28 heavy (non-hydrogen) atoms. The molecule has 0 spiro atoms. The predicted octanol–water partition coefficient (Wildman–Crippen LogP) is 3.47. The zero-order valence-corrected chi connectivity index (χ0v) is 17.0. The van der Waals surface area contributed by atoms with E-state index in [0.29, 0.717) is 35.0 Å². The summed E-state index contributed by atoms with van der Waals surface area (Å²) in [6.07, 6.45) is 0. The van der Waals surface area contributed by atoms with Crippen molar-refractivity contribution in [1.29, 1.82) is 0 Å². The Morgan fingerprint density at radius 2 is 1.82 bits per heavy atom. The molecule has 8 heteroatoms. The molecule has 0 unspecified atom stereocenters. The average molecular weight is 407 g/mol. The Kier molecular flexibility index (Phi) is 7.52. The second kappa shape index (κ2) is 9.85. The minimum absolute atomic E-state index is 0.113. The van der Waals surface area contributed by atoms with Crippen molar-refractivity contribution in [1.82, 2.24) is 4.90 Å². The molecule has 0 atom stereocenters. The van der Waals surface area contributed by atoms with Gasteiger partial charge in [0, 0.05) is 23.9 Å². The molecule has 7 nitrogen and oxygen atoms in total. The zero-order chi connectivity index (χ0) is 20.7. The Bertz CT molecular complexity index is 856. The first-order valence-electron chi connectivity index (χ1n) is 8.58. The first-order valence-corrected chi connectivity index (χ1v) is 8.96. The zero-order valence-electron chi connectivity index (χ0n) is 16.2. The normalized spacial score (nSPS) is 10.2. The van der Waals surface area contributed by atoms with Crippen LogP contribution in [-0.2, 0) is 4.79 Å². The number of halogens is 1. The summed E-state index contributed by atoms with van der Waals surface area (Å²) in [6, 6.07) is 10.0. The van der Waals surface area contributed by atoms with E-state index in [-0.39, 0.29) is 23.4 Å². The molecule has 0 aliphatic rings. The Morgan fingerprint density at radius 1 is 1.07 bits per heavy atom. The lowest BCUT2D eigenvalue weighted by atomic mass is 10.1. The first kappa shape index (κ1) is 21.4. The molecular weight excluding hydrogens is 384 g/mol. The Labute approximate surface area is 169 Å². The van der Waals surface area contributed by atoms with Gasteiger partial charge in [-0.1, -0.05) is 17.7 Å². The highest BCUT2D eigenvalue weighted by molar-refractivity contribution is 6.32. The summed E-state index contributed by atoms with van der Waals surface area (Å²) >= 11 is 6.18. The fourth-order valence-electron chi connectivity index (χ4n) is 2.63. The summed E-state index contributed by atoms with van der Waals surface area (Å²) in [5.41, 5.74) is 0.890. The number of amides is 2. The van der Waals surface area contributed by atoms with Gasteiger partial charge in [0.25, 0.3) is 5.91 Å². The Hall–Kier alpha value is -2.93. The van der Waals surface area contributed by atoms with Crippen molar-refractivity contribution in [2.75, 3.05) is 39.7 Å². The van der Waals surface area contributed by atoms with E-state index in [9.17, 15) is 9.59 Å². The number of carbonyl (C=O) groups is 2. The molecule has 2 aromatic carbocycles. The number of nitrogens with one attached hydrogen (secondary N) is 1. The van der Waals surface area contributed by atoms with Crippen LogP contribution in [0, 0.1) is 0 Å². The second-order valence-electron chi connectivity index (χ2n) is 5.79. The minimum atomic E-state index is -0.342. The SMILES string of the molecule is CCN(CC(=O)Nc1cccc(OC)c1)C(=O)c1cc(Cl)c(OC)c(OC)c1. The van der Waals surface area contributed by atoms with Gasteiger partial charge in [-0.2, -0.15) is 0 Å². The third-order valence-electron chi connectivity index (χ3n) is 4.04. The fraction of sp³-hybridized carbons (Fsp3) is 0.300. The summed E-state index contributed by atoms with van der Waals surface area (Å²) in [6.45, 7) is 2.02. The maximum atomic E-state index is 12.9. The van der Waals surface area contributed by atoms with Crippen LogP contribution in [0.25, 0.3) is 0 Å². The van der Waals surface area contributed by atoms with E-state index in [0.717, 1.165) is 0 Å². The van der Waals surface area contributed by atoms with Crippen LogP contribution in [0.4, 0.5) is 5.69 Å². The summed E-state index contributed by atoms with van der Waals surface area (Å²) in [7, 11) is 4.47. The van der Waals surface area contributed by atoms with Gasteiger partial charge in [-0.05, 0) is 31.2 Å². The van der Waals surface area contributed by atoms with Gasteiger partial charge in [0.1, 0.15) is 12.3 Å². The molecule has 0 aromatic heterocycles. The van der Waals surface area contributed by atoms with Crippen LogP contribution in [0.5, 0.6) is 17.2 Å². The monoisotopic (exact) mass is 406 g/mol. The summed E-state index contributed by atoms with van der Waals surface area (Å²) in [5.74, 6) is 0.650. The molecule has 2 amide bonds. The van der Waals surface area contributed by atoms with Crippen molar-refractivity contribution in [2.45, 2.75) is 6.92 Å². The molecule has 0 bridgehead atoms. The number of nitrogens with zero attached hydrogens (tertiary/aromatic N) is 1. The lowest BCUT2D eigenvalue weighted by molar-refractivity contribution is -0.116. The smallest absolute Gasteiger partial charge is 0.254 e. The van der Waals surface area contributed by atoms with Crippen molar-refractivity contribution in [3.63, 3.8) is 0 Å². The Morgan fingerprint density at radius 3 is 2.43 bits per heavy atom. The van der Waals surface area contributed by atoms with Gasteiger partial charge >= 0.3 is 0 Å². The Balaban J connectivity index is 2.14. The van der Waals surface area contributed by atoms with E-state index >= 15 is 0 Å². The van der Waals surface area contributed by atoms with Gasteiger partial charge in [0.15, 0.2) is 11.5 Å². The maximum absolute atomic E-state index is 12.9. The van der Waals surface area contributed by atoms with Crippen LogP contribution in [0.2, 0.25) is 5.02 Å². The van der Waals surface area contributed by atoms with Crippen molar-refractivity contribution in [3.8, 4) is 17.2 Å². The van der Waals surface area contributed by atoms with E-state index in [1.807, 2.05) is 0 Å². The quantitative estimate of drug-likeness (QED) is 0.726. The molecule has 0 aliphatic heterocycles. The minimum Gasteiger partial charge on any atom is -0.497 e. The predicted molar refractivity (Wildman–Crippen MR) is 108 cm³/mol. The van der Waals surface area contributed by atoms with E-state index < -0.39 is 0 Å². The number of hydrogen-bond acceptors (Lipinski definition) is 5. The van der Waals surface area contributed by atoms with Crippen molar-refractivity contribution >= 4 is 29.1 Å². The van der Waals surface area contributed by atoms with E-state index in [1.165, 1.54) is 31.3 Å². The first-order chi connectivity index (χ1) is 13.4. The number of hydrogen-bond donors (Lipinski definition) is 1. The third-order valence-corrected chi connectivity index (χ3v) is 4.32. The van der Waals surface area contributed by atoms with Gasteiger partial charge in [-0.25, -0.2) is 0 Å². The molecule has 1 N–H and O–H groups in total. The standard InChI is InChI=1S/C20H23ClN2O5/c1-5-23(12-18(24)22-14-7-6-8-15(11-14)26-2)20(25)13-9-16(21)19(28-4)17(10-13)27-3/h6-11H,5,12H2,1-4H3,(H,22,24). The summed E-state index contributed by atoms with van der Waals surface area (Å²) in [5, 5.41) is 3.01. The van der Waals surface area contributed by atoms with Gasteiger partial charge < -0.3 is 24.4 Å². The molecule has 2 aromatic rings. The van der Waals surface area contributed by atoms with Crippen molar-refractivity contribution in [3.05, 3.63) is 47.0 Å². The number of carbonyl (C=O) groups excluding carboxylic acids is 2. The molecule has 0 aliphatic carbocycles. The summed E-state index contributed by atoms with van der Waals surface area (Å²) in [4.78, 5) is 26.7. The largest absolute Gasteiger partial charge is 0.497 e. The van der Waals surface area contributed by atoms with E-state index in [4.69, 9.17) is 25.8 Å². The van der Waals surface area contributed by atoms with Gasteiger partial charge in [0.2, 0.25) is 5.91 Å². The van der Waals surface area contributed by atoms with Crippen molar-refractivity contribution in [2.24, 2.45) is 0 Å². The van der Waals surface area contributed by atoms with Crippen LogP contribution in [0.15, 0.2) is 36.4 Å². The molecule has 2 rings (SSSR count). The van der Waals surface area contributed by atoms with Gasteiger partial charge in [-0.15, -0.1) is 0 Å². The van der Waals surface area contributed by atoms with Gasteiger partial charge in [-0.3, -0.25) is 9.59 Å². The van der Waals surface area contributed by atoms with Crippen LogP contribution in [-0.4, -0.2) is 51.1 Å². The number of ether oxygens (including phenoxy) is 3. The van der Waals surface area contributed by atoms with Gasteiger partial charge in [0.05, 0.1) is 26.4 Å². The highest BCUT2D eigenvalue weighted by atomic mass is 35.5. The number of methoxy groups -OCH3 is 3. The number of likely N-dealkylation sites (N-methyl/N-ethyl adjacent to an activating group) is 1. The molecular formula is C20H23ClN2O5. The van der Waals surface area contributed by atoms with Crippen LogP contribution >= 0.6 is 11.6 Å². The second-order valence-corrected chi connectivity index (χ2v) is 6.20. The van der Waals surface area contributed by atoms with Crippen LogP contribution in [0.1, 0.15) is 17.3 Å². The van der Waals surface area contributed by atoms with Crippen LogP contribution in [0.3, 0.4) is 0 Å². The third kappa shape index (κ3) is 5.07. The highest BCUT2D eigenvalue weighted by Crippen LogP contribution is 2.36. The maximum Gasteiger partial charge on any atom is 0.254 e. The lowest BCUT2D eigenvalue weighted by Crippen LogP contribution is -2.37. The van der Waals surface area contributed by atoms with E-state index in [1.54, 1.807) is 38.3 Å². The molecule has 150 valence electrons. The molecule has 0 saturated heterocycles. The molecule has 0 heterocycles. The number of benzene rings is 2. The highest BCUT2D eigenvalue weighted by Gasteiger charge is 2.21.